The number of aliphatic hydroxyl groups is 1. The lowest BCUT2D eigenvalue weighted by molar-refractivity contribution is -0.134. The van der Waals surface area contributed by atoms with Gasteiger partial charge in [-0.15, -0.1) is 11.3 Å². The number of anilines is 1. The summed E-state index contributed by atoms with van der Waals surface area (Å²) in [7, 11) is -6.13. The number of nitrogens with one attached hydrogen (secondary N) is 1. The van der Waals surface area contributed by atoms with E-state index in [-0.39, 0.29) is 52.7 Å². The van der Waals surface area contributed by atoms with Gasteiger partial charge in [-0.25, -0.2) is 16.8 Å². The highest BCUT2D eigenvalue weighted by molar-refractivity contribution is 7.92. The second-order valence-corrected chi connectivity index (χ2v) is 14.7. The Balaban J connectivity index is 1.68. The number of ether oxygens (including phenoxy) is 1. The highest BCUT2D eigenvalue weighted by atomic mass is 32.2. The minimum Gasteiger partial charge on any atom is -0.488 e. The summed E-state index contributed by atoms with van der Waals surface area (Å²) in [5.74, 6) is -0.212. The molecule has 0 aliphatic carbocycles. The van der Waals surface area contributed by atoms with Gasteiger partial charge >= 0.3 is 0 Å². The monoisotopic (exact) mass is 607 g/mol. The predicted molar refractivity (Wildman–Crippen MR) is 153 cm³/mol. The Hall–Kier alpha value is -2.97. The Morgan fingerprint density at radius 3 is 2.50 bits per heavy atom. The number of benzene rings is 2. The first-order chi connectivity index (χ1) is 18.9. The topological polar surface area (TPSA) is 133 Å². The first kappa shape index (κ1) is 30.0. The number of aliphatic hydroxyl groups excluding tert-OH is 1. The molecule has 1 aromatic heterocycles. The van der Waals surface area contributed by atoms with E-state index in [0.29, 0.717) is 11.3 Å². The lowest BCUT2D eigenvalue weighted by Gasteiger charge is -2.33. The number of fused-ring (bicyclic) bond motifs is 1. The second kappa shape index (κ2) is 12.3. The molecular weight excluding hydrogens is 575 g/mol. The summed E-state index contributed by atoms with van der Waals surface area (Å²) in [5, 5.41) is 11.5. The number of rotatable bonds is 9. The largest absolute Gasteiger partial charge is 0.488 e. The van der Waals surface area contributed by atoms with Crippen LogP contribution in [0, 0.1) is 5.92 Å². The van der Waals surface area contributed by atoms with Crippen LogP contribution in [-0.2, 0) is 31.3 Å². The summed E-state index contributed by atoms with van der Waals surface area (Å²) in [4.78, 5) is 15.1. The zero-order chi connectivity index (χ0) is 29.1. The normalized spacial score (nSPS) is 19.2. The van der Waals surface area contributed by atoms with Crippen molar-refractivity contribution in [1.29, 1.82) is 0 Å². The molecule has 3 atom stereocenters. The quantitative estimate of drug-likeness (QED) is 0.382. The molecule has 2 heterocycles. The van der Waals surface area contributed by atoms with Gasteiger partial charge in [-0.2, -0.15) is 4.31 Å². The van der Waals surface area contributed by atoms with Crippen molar-refractivity contribution in [2.75, 3.05) is 31.5 Å². The molecule has 0 spiro atoms. The van der Waals surface area contributed by atoms with E-state index >= 15 is 0 Å². The maximum absolute atomic E-state index is 13.4. The van der Waals surface area contributed by atoms with Gasteiger partial charge in [0.05, 0.1) is 30.5 Å². The van der Waals surface area contributed by atoms with Crippen LogP contribution in [0.3, 0.4) is 0 Å². The van der Waals surface area contributed by atoms with Gasteiger partial charge in [0.25, 0.3) is 20.0 Å². The van der Waals surface area contributed by atoms with Crippen LogP contribution in [0.25, 0.3) is 0 Å². The second-order valence-electron chi connectivity index (χ2n) is 9.85. The van der Waals surface area contributed by atoms with E-state index in [1.807, 2.05) is 6.92 Å². The molecule has 0 saturated carbocycles. The molecule has 13 heteroatoms. The Bertz CT molecular complexity index is 1530. The van der Waals surface area contributed by atoms with E-state index in [1.54, 1.807) is 65.7 Å². The van der Waals surface area contributed by atoms with Gasteiger partial charge in [0.2, 0.25) is 5.91 Å². The van der Waals surface area contributed by atoms with Crippen molar-refractivity contribution in [2.24, 2.45) is 5.92 Å². The Labute approximate surface area is 239 Å². The summed E-state index contributed by atoms with van der Waals surface area (Å²) in [5.41, 5.74) is 0.693. The number of thiophene rings is 1. The Morgan fingerprint density at radius 1 is 1.12 bits per heavy atom. The molecule has 1 aliphatic rings. The summed E-state index contributed by atoms with van der Waals surface area (Å²) >= 11 is 1.13. The van der Waals surface area contributed by atoms with Crippen molar-refractivity contribution in [1.82, 2.24) is 9.21 Å². The third-order valence-corrected chi connectivity index (χ3v) is 11.4. The van der Waals surface area contributed by atoms with Crippen molar-refractivity contribution in [3.05, 3.63) is 71.6 Å². The minimum absolute atomic E-state index is 0.0127. The fourth-order valence-electron chi connectivity index (χ4n) is 4.44. The first-order valence-corrected chi connectivity index (χ1v) is 16.5. The number of carbonyl (C=O) groups is 1. The molecule has 4 rings (SSSR count). The zero-order valence-corrected chi connectivity index (χ0v) is 24.9. The molecular formula is C27H33N3O7S3. The van der Waals surface area contributed by atoms with Gasteiger partial charge in [0.1, 0.15) is 16.1 Å². The van der Waals surface area contributed by atoms with Gasteiger partial charge in [-0.05, 0) is 48.7 Å². The maximum Gasteiger partial charge on any atom is 0.261 e. The standard InChI is InChI=1S/C27H33N3O7S3/c1-19-16-30(20(2)18-31)26(32)15-21-14-22(28-39(33,34)23-8-5-4-6-9-23)11-12-24(21)37-25(19)17-29(3)40(35,36)27-10-7-13-38-27/h4-14,19-20,25,28,31H,15-18H2,1-3H3/t19-,20-,25-/m1/s1. The minimum atomic E-state index is -3.87. The SMILES string of the molecule is C[C@@H]1CN([C@H](C)CO)C(=O)Cc2cc(NS(=O)(=O)c3ccccc3)ccc2O[C@@H]1CN(C)S(=O)(=O)c1cccs1. The average Bonchev–Trinajstić information content (AvgIpc) is 3.49. The van der Waals surface area contributed by atoms with Gasteiger partial charge in [0, 0.05) is 30.8 Å². The van der Waals surface area contributed by atoms with Gasteiger partial charge in [-0.3, -0.25) is 9.52 Å². The van der Waals surface area contributed by atoms with Crippen LogP contribution < -0.4 is 9.46 Å². The Morgan fingerprint density at radius 2 is 1.85 bits per heavy atom. The van der Waals surface area contributed by atoms with Crippen molar-refractivity contribution in [2.45, 2.75) is 41.5 Å². The third-order valence-electron chi connectivity index (χ3n) is 6.82. The average molecular weight is 608 g/mol. The maximum atomic E-state index is 13.4. The summed E-state index contributed by atoms with van der Waals surface area (Å²) in [6, 6.07) is 15.3. The van der Waals surface area contributed by atoms with Crippen LogP contribution in [0.4, 0.5) is 5.69 Å². The van der Waals surface area contributed by atoms with E-state index in [4.69, 9.17) is 4.74 Å². The summed E-state index contributed by atoms with van der Waals surface area (Å²) < 4.78 is 62.4. The third kappa shape index (κ3) is 6.66. The molecule has 1 aliphatic heterocycles. The molecule has 40 heavy (non-hydrogen) atoms. The molecule has 0 fully saturated rings. The van der Waals surface area contributed by atoms with E-state index in [0.717, 1.165) is 11.3 Å². The smallest absolute Gasteiger partial charge is 0.261 e. The molecule has 0 saturated heterocycles. The molecule has 0 unspecified atom stereocenters. The zero-order valence-electron chi connectivity index (χ0n) is 22.4. The molecule has 2 aromatic carbocycles. The molecule has 216 valence electrons. The van der Waals surface area contributed by atoms with Crippen LogP contribution in [0.15, 0.2) is 75.1 Å². The molecule has 3 aromatic rings. The number of likely N-dealkylation sites (N-methyl/N-ethyl adjacent to an activating group) is 1. The highest BCUT2D eigenvalue weighted by Crippen LogP contribution is 2.31. The molecule has 2 N–H and O–H groups in total. The van der Waals surface area contributed by atoms with E-state index in [1.165, 1.54) is 23.5 Å². The number of hydrogen-bond acceptors (Lipinski definition) is 8. The fourth-order valence-corrected chi connectivity index (χ4v) is 7.89. The molecule has 10 nitrogen and oxygen atoms in total. The van der Waals surface area contributed by atoms with Crippen LogP contribution in [-0.4, -0.2) is 75.9 Å². The van der Waals surface area contributed by atoms with Crippen molar-refractivity contribution in [3.8, 4) is 5.75 Å². The lowest BCUT2D eigenvalue weighted by atomic mass is 10.0. The molecule has 1 amide bonds. The number of sulfonamides is 2. The van der Waals surface area contributed by atoms with Crippen LogP contribution in [0.1, 0.15) is 19.4 Å². The number of hydrogen-bond donors (Lipinski definition) is 2. The Kier molecular flexibility index (Phi) is 9.20. The van der Waals surface area contributed by atoms with Crippen LogP contribution in [0.5, 0.6) is 5.75 Å². The van der Waals surface area contributed by atoms with Crippen molar-refractivity contribution >= 4 is 43.0 Å². The van der Waals surface area contributed by atoms with Crippen LogP contribution >= 0.6 is 11.3 Å². The number of carbonyl (C=O) groups excluding carboxylic acids is 1. The fraction of sp³-hybridized carbons (Fsp3) is 0.370. The van der Waals surface area contributed by atoms with Gasteiger partial charge in [0.15, 0.2) is 0 Å². The van der Waals surface area contributed by atoms with Crippen molar-refractivity contribution in [3.63, 3.8) is 0 Å². The van der Waals surface area contributed by atoms with E-state index < -0.39 is 32.2 Å². The first-order valence-electron chi connectivity index (χ1n) is 12.7. The van der Waals surface area contributed by atoms with Gasteiger partial charge in [-0.1, -0.05) is 31.2 Å². The lowest BCUT2D eigenvalue weighted by Crippen LogP contribution is -2.48. The number of nitrogens with zero attached hydrogens (tertiary/aromatic N) is 2. The van der Waals surface area contributed by atoms with E-state index in [9.17, 15) is 26.7 Å². The molecule has 0 bridgehead atoms. The summed E-state index contributed by atoms with van der Waals surface area (Å²) in [6.45, 7) is 3.60. The van der Waals surface area contributed by atoms with Crippen molar-refractivity contribution < 1.29 is 31.5 Å². The van der Waals surface area contributed by atoms with E-state index in [2.05, 4.69) is 4.72 Å². The van der Waals surface area contributed by atoms with Gasteiger partial charge < -0.3 is 14.7 Å². The highest BCUT2D eigenvalue weighted by Gasteiger charge is 2.33. The molecule has 0 radical (unpaired) electrons. The van der Waals surface area contributed by atoms with Crippen LogP contribution in [0.2, 0.25) is 0 Å². The summed E-state index contributed by atoms with van der Waals surface area (Å²) in [6.07, 6.45) is -0.742. The predicted octanol–water partition coefficient (Wildman–Crippen LogP) is 3.02. The number of amides is 1.